The summed E-state index contributed by atoms with van der Waals surface area (Å²) < 4.78 is 22.3. The standard InChI is InChI=1S/C13H15N5O3S2/c14-23(20,21)10-5-3-9(4-6-10)15-11(19)7-22-13-16-12(17-18-13)8-1-2-8/h3-6,8H,1-2,7H2,(H,15,19)(H2,14,20,21)(H,16,17,18). The number of sulfonamides is 1. The number of primary sulfonamides is 1. The molecule has 8 nitrogen and oxygen atoms in total. The van der Waals surface area contributed by atoms with Crippen LogP contribution in [0.15, 0.2) is 34.3 Å². The molecule has 0 unspecified atom stereocenters. The van der Waals surface area contributed by atoms with Gasteiger partial charge >= 0.3 is 0 Å². The highest BCUT2D eigenvalue weighted by Gasteiger charge is 2.27. The molecule has 0 bridgehead atoms. The molecule has 122 valence electrons. The Kier molecular flexibility index (Phi) is 4.37. The van der Waals surface area contributed by atoms with Gasteiger partial charge in [0.1, 0.15) is 5.82 Å². The van der Waals surface area contributed by atoms with E-state index in [1.165, 1.54) is 36.0 Å². The lowest BCUT2D eigenvalue weighted by atomic mass is 10.3. The molecule has 2 aromatic rings. The van der Waals surface area contributed by atoms with Gasteiger partial charge in [-0.1, -0.05) is 11.8 Å². The minimum atomic E-state index is -3.73. The van der Waals surface area contributed by atoms with Crippen molar-refractivity contribution in [3.8, 4) is 0 Å². The number of aromatic nitrogens is 3. The quantitative estimate of drug-likeness (QED) is 0.666. The summed E-state index contributed by atoms with van der Waals surface area (Å²) in [7, 11) is -3.73. The van der Waals surface area contributed by atoms with E-state index in [2.05, 4.69) is 20.5 Å². The molecule has 1 saturated carbocycles. The van der Waals surface area contributed by atoms with E-state index in [9.17, 15) is 13.2 Å². The summed E-state index contributed by atoms with van der Waals surface area (Å²) >= 11 is 1.24. The number of rotatable bonds is 6. The maximum atomic E-state index is 11.9. The van der Waals surface area contributed by atoms with E-state index in [0.717, 1.165) is 18.7 Å². The maximum absolute atomic E-state index is 11.9. The Hall–Kier alpha value is -1.91. The first-order valence-corrected chi connectivity index (χ1v) is 9.43. The summed E-state index contributed by atoms with van der Waals surface area (Å²) in [6.45, 7) is 0. The van der Waals surface area contributed by atoms with Gasteiger partial charge in [0.25, 0.3) is 0 Å². The van der Waals surface area contributed by atoms with Gasteiger partial charge < -0.3 is 5.32 Å². The van der Waals surface area contributed by atoms with E-state index in [1.54, 1.807) is 0 Å². The number of nitrogens with one attached hydrogen (secondary N) is 2. The van der Waals surface area contributed by atoms with Crippen LogP contribution in [0.1, 0.15) is 24.6 Å². The molecule has 0 radical (unpaired) electrons. The van der Waals surface area contributed by atoms with Gasteiger partial charge in [0, 0.05) is 11.6 Å². The fourth-order valence-corrected chi connectivity index (χ4v) is 3.04. The molecule has 4 N–H and O–H groups in total. The lowest BCUT2D eigenvalue weighted by Gasteiger charge is -2.05. The number of carbonyl (C=O) groups excluding carboxylic acids is 1. The molecule has 1 amide bonds. The highest BCUT2D eigenvalue weighted by molar-refractivity contribution is 7.99. The summed E-state index contributed by atoms with van der Waals surface area (Å²) in [4.78, 5) is 16.2. The summed E-state index contributed by atoms with van der Waals surface area (Å²) in [6, 6.07) is 5.66. The van der Waals surface area contributed by atoms with Gasteiger partial charge in [-0.3, -0.25) is 9.89 Å². The van der Waals surface area contributed by atoms with Gasteiger partial charge in [0.05, 0.1) is 10.6 Å². The fourth-order valence-electron chi connectivity index (χ4n) is 1.92. The Balaban J connectivity index is 1.52. The van der Waals surface area contributed by atoms with Gasteiger partial charge in [0.2, 0.25) is 21.1 Å². The molecule has 0 atom stereocenters. The van der Waals surface area contributed by atoms with Crippen LogP contribution in [0.4, 0.5) is 5.69 Å². The molecule has 1 aromatic carbocycles. The van der Waals surface area contributed by atoms with E-state index in [0.29, 0.717) is 16.8 Å². The Labute approximate surface area is 137 Å². The number of hydrogen-bond acceptors (Lipinski definition) is 6. The molecule has 0 saturated heterocycles. The number of carbonyl (C=O) groups is 1. The molecular formula is C13H15N5O3S2. The smallest absolute Gasteiger partial charge is 0.238 e. The van der Waals surface area contributed by atoms with Crippen LogP contribution in [0, 0.1) is 0 Å². The van der Waals surface area contributed by atoms with Crippen LogP contribution in [-0.2, 0) is 14.8 Å². The van der Waals surface area contributed by atoms with Crippen molar-refractivity contribution in [2.24, 2.45) is 5.14 Å². The van der Waals surface area contributed by atoms with Crippen LogP contribution >= 0.6 is 11.8 Å². The topological polar surface area (TPSA) is 131 Å². The van der Waals surface area contributed by atoms with Crippen LogP contribution in [0.2, 0.25) is 0 Å². The Morgan fingerprint density at radius 3 is 2.65 bits per heavy atom. The van der Waals surface area contributed by atoms with Crippen LogP contribution < -0.4 is 10.5 Å². The largest absolute Gasteiger partial charge is 0.325 e. The molecule has 1 aromatic heterocycles. The molecule has 0 spiro atoms. The first-order chi connectivity index (χ1) is 10.9. The Morgan fingerprint density at radius 1 is 1.35 bits per heavy atom. The number of amides is 1. The lowest BCUT2D eigenvalue weighted by molar-refractivity contribution is -0.113. The molecule has 10 heteroatoms. The van der Waals surface area contributed by atoms with Crippen molar-refractivity contribution >= 4 is 33.4 Å². The summed E-state index contributed by atoms with van der Waals surface area (Å²) in [5, 5.41) is 15.2. The zero-order valence-electron chi connectivity index (χ0n) is 12.0. The average molecular weight is 353 g/mol. The molecule has 1 fully saturated rings. The predicted octanol–water partition coefficient (Wildman–Crippen LogP) is 1.06. The third kappa shape index (κ3) is 4.30. The molecule has 1 aliphatic rings. The van der Waals surface area contributed by atoms with Crippen molar-refractivity contribution in [1.29, 1.82) is 0 Å². The van der Waals surface area contributed by atoms with Crippen molar-refractivity contribution in [1.82, 2.24) is 15.2 Å². The average Bonchev–Trinajstić information content (AvgIpc) is 3.24. The third-order valence-electron chi connectivity index (χ3n) is 3.25. The second-order valence-electron chi connectivity index (χ2n) is 5.18. The number of nitrogens with two attached hydrogens (primary N) is 1. The van der Waals surface area contributed by atoms with E-state index < -0.39 is 10.0 Å². The number of H-pyrrole nitrogens is 1. The number of nitrogens with zero attached hydrogens (tertiary/aromatic N) is 2. The van der Waals surface area contributed by atoms with E-state index >= 15 is 0 Å². The van der Waals surface area contributed by atoms with Gasteiger partial charge in [-0.25, -0.2) is 18.5 Å². The summed E-state index contributed by atoms with van der Waals surface area (Å²) in [5.74, 6) is 1.31. The molecular weight excluding hydrogens is 338 g/mol. The zero-order chi connectivity index (χ0) is 16.4. The fraction of sp³-hybridized carbons (Fsp3) is 0.308. The van der Waals surface area contributed by atoms with Gasteiger partial charge in [-0.15, -0.1) is 5.10 Å². The Bertz CT molecular complexity index is 812. The maximum Gasteiger partial charge on any atom is 0.238 e. The zero-order valence-corrected chi connectivity index (χ0v) is 13.7. The highest BCUT2D eigenvalue weighted by Crippen LogP contribution is 2.38. The number of thioether (sulfide) groups is 1. The van der Waals surface area contributed by atoms with Crippen molar-refractivity contribution in [3.63, 3.8) is 0 Å². The van der Waals surface area contributed by atoms with Gasteiger partial charge in [0.15, 0.2) is 0 Å². The normalized spacial score (nSPS) is 14.7. The number of benzene rings is 1. The van der Waals surface area contributed by atoms with Crippen molar-refractivity contribution in [2.75, 3.05) is 11.1 Å². The Morgan fingerprint density at radius 2 is 2.04 bits per heavy atom. The van der Waals surface area contributed by atoms with Crippen LogP contribution in [0.3, 0.4) is 0 Å². The number of aromatic amines is 1. The summed E-state index contributed by atoms with van der Waals surface area (Å²) in [6.07, 6.45) is 2.27. The van der Waals surface area contributed by atoms with Crippen LogP contribution in [-0.4, -0.2) is 35.3 Å². The van der Waals surface area contributed by atoms with E-state index in [4.69, 9.17) is 5.14 Å². The highest BCUT2D eigenvalue weighted by atomic mass is 32.2. The number of hydrogen-bond donors (Lipinski definition) is 3. The first-order valence-electron chi connectivity index (χ1n) is 6.89. The van der Waals surface area contributed by atoms with Gasteiger partial charge in [-0.2, -0.15) is 0 Å². The molecule has 3 rings (SSSR count). The predicted molar refractivity (Wildman–Crippen MR) is 85.5 cm³/mol. The second-order valence-corrected chi connectivity index (χ2v) is 7.69. The minimum Gasteiger partial charge on any atom is -0.325 e. The minimum absolute atomic E-state index is 0.00166. The molecule has 1 heterocycles. The van der Waals surface area contributed by atoms with Crippen LogP contribution in [0.25, 0.3) is 0 Å². The van der Waals surface area contributed by atoms with E-state index in [1.807, 2.05) is 0 Å². The van der Waals surface area contributed by atoms with Crippen molar-refractivity contribution in [2.45, 2.75) is 28.8 Å². The lowest BCUT2D eigenvalue weighted by Crippen LogP contribution is -2.15. The molecule has 1 aliphatic carbocycles. The van der Waals surface area contributed by atoms with Crippen molar-refractivity contribution in [3.05, 3.63) is 30.1 Å². The van der Waals surface area contributed by atoms with Crippen molar-refractivity contribution < 1.29 is 13.2 Å². The van der Waals surface area contributed by atoms with Gasteiger partial charge in [-0.05, 0) is 37.1 Å². The third-order valence-corrected chi connectivity index (χ3v) is 5.02. The van der Waals surface area contributed by atoms with Crippen LogP contribution in [0.5, 0.6) is 0 Å². The SMILES string of the molecule is NS(=O)(=O)c1ccc(NC(=O)CSc2n[nH]c(C3CC3)n2)cc1. The first kappa shape index (κ1) is 16.0. The second kappa shape index (κ2) is 6.30. The van der Waals surface area contributed by atoms with E-state index in [-0.39, 0.29) is 16.6 Å². The summed E-state index contributed by atoms with van der Waals surface area (Å²) in [5.41, 5.74) is 0.497. The molecule has 0 aliphatic heterocycles. The number of anilines is 1. The molecule has 23 heavy (non-hydrogen) atoms. The monoisotopic (exact) mass is 353 g/mol.